The average molecular weight is 185 g/mol. The molecule has 13 heavy (non-hydrogen) atoms. The van der Waals surface area contributed by atoms with E-state index in [-0.39, 0.29) is 17.6 Å². The van der Waals surface area contributed by atoms with Crippen LogP contribution in [0.5, 0.6) is 0 Å². The molecule has 1 amide bonds. The van der Waals surface area contributed by atoms with Gasteiger partial charge in [-0.15, -0.1) is 0 Å². The number of carbonyl (C=O) groups is 1. The molecule has 1 rings (SSSR count). The van der Waals surface area contributed by atoms with E-state index in [1.165, 1.54) is 0 Å². The van der Waals surface area contributed by atoms with Crippen molar-refractivity contribution in [3.63, 3.8) is 0 Å². The van der Waals surface area contributed by atoms with Gasteiger partial charge in [0, 0.05) is 13.0 Å². The molecule has 0 saturated carbocycles. The van der Waals surface area contributed by atoms with Crippen molar-refractivity contribution < 1.29 is 9.90 Å². The predicted molar refractivity (Wildman–Crippen MR) is 51.3 cm³/mol. The van der Waals surface area contributed by atoms with E-state index in [0.717, 1.165) is 19.4 Å². The van der Waals surface area contributed by atoms with Crippen molar-refractivity contribution in [1.29, 1.82) is 0 Å². The van der Waals surface area contributed by atoms with Gasteiger partial charge < -0.3 is 10.0 Å². The molecule has 1 aliphatic heterocycles. The van der Waals surface area contributed by atoms with Gasteiger partial charge in [0.2, 0.25) is 5.91 Å². The van der Waals surface area contributed by atoms with Gasteiger partial charge in [-0.05, 0) is 26.7 Å². The highest BCUT2D eigenvalue weighted by atomic mass is 16.3. The average Bonchev–Trinajstić information content (AvgIpc) is 2.08. The van der Waals surface area contributed by atoms with E-state index in [0.29, 0.717) is 6.42 Å². The summed E-state index contributed by atoms with van der Waals surface area (Å²) < 4.78 is 0. The van der Waals surface area contributed by atoms with Gasteiger partial charge in [0.25, 0.3) is 0 Å². The minimum Gasteiger partial charge on any atom is -0.391 e. The van der Waals surface area contributed by atoms with Crippen molar-refractivity contribution in [2.45, 2.75) is 51.7 Å². The van der Waals surface area contributed by atoms with Crippen molar-refractivity contribution in [1.82, 2.24) is 4.90 Å². The molecule has 1 unspecified atom stereocenters. The van der Waals surface area contributed by atoms with Gasteiger partial charge in [-0.25, -0.2) is 0 Å². The van der Waals surface area contributed by atoms with Gasteiger partial charge in [-0.3, -0.25) is 4.79 Å². The third-order valence-corrected chi connectivity index (χ3v) is 2.97. The summed E-state index contributed by atoms with van der Waals surface area (Å²) in [5.74, 6) is 0.142. The predicted octanol–water partition coefficient (Wildman–Crippen LogP) is 1.16. The molecule has 0 aromatic rings. The van der Waals surface area contributed by atoms with Gasteiger partial charge in [0.15, 0.2) is 0 Å². The molecule has 76 valence electrons. The van der Waals surface area contributed by atoms with Crippen molar-refractivity contribution >= 4 is 5.91 Å². The lowest BCUT2D eigenvalue weighted by molar-refractivity contribution is -0.145. The zero-order chi connectivity index (χ0) is 10.1. The number of nitrogens with zero attached hydrogens (tertiary/aromatic N) is 1. The van der Waals surface area contributed by atoms with Crippen LogP contribution in [0.4, 0.5) is 0 Å². The van der Waals surface area contributed by atoms with Crippen LogP contribution in [0.25, 0.3) is 0 Å². The second-order valence-corrected chi connectivity index (χ2v) is 4.21. The van der Waals surface area contributed by atoms with Crippen LogP contribution in [0, 0.1) is 0 Å². The zero-order valence-corrected chi connectivity index (χ0v) is 8.71. The molecular formula is C10H19NO2. The highest BCUT2D eigenvalue weighted by Gasteiger charge is 2.39. The van der Waals surface area contributed by atoms with E-state index in [4.69, 9.17) is 0 Å². The van der Waals surface area contributed by atoms with Crippen LogP contribution in [0.2, 0.25) is 0 Å². The Balaban J connectivity index is 2.77. The minimum absolute atomic E-state index is 0.142. The molecule has 1 fully saturated rings. The van der Waals surface area contributed by atoms with Crippen LogP contribution >= 0.6 is 0 Å². The fraction of sp³-hybridized carbons (Fsp3) is 0.900. The molecule has 0 spiro atoms. The number of rotatable bonds is 1. The second-order valence-electron chi connectivity index (χ2n) is 4.21. The monoisotopic (exact) mass is 185 g/mol. The van der Waals surface area contributed by atoms with E-state index in [1.54, 1.807) is 4.90 Å². The molecule has 0 aromatic heterocycles. The number of aliphatic hydroxyl groups excluding tert-OH is 1. The number of amides is 1. The quantitative estimate of drug-likeness (QED) is 0.666. The molecule has 1 N–H and O–H groups in total. The van der Waals surface area contributed by atoms with Crippen molar-refractivity contribution in [3.05, 3.63) is 0 Å². The minimum atomic E-state index is -0.384. The highest BCUT2D eigenvalue weighted by Crippen LogP contribution is 2.28. The topological polar surface area (TPSA) is 40.5 Å². The largest absolute Gasteiger partial charge is 0.391 e. The van der Waals surface area contributed by atoms with Crippen LogP contribution in [-0.2, 0) is 4.79 Å². The molecule has 1 atom stereocenters. The first-order valence-electron chi connectivity index (χ1n) is 4.98. The van der Waals surface area contributed by atoms with Crippen LogP contribution in [-0.4, -0.2) is 34.1 Å². The third kappa shape index (κ3) is 1.85. The summed E-state index contributed by atoms with van der Waals surface area (Å²) >= 11 is 0. The van der Waals surface area contributed by atoms with Crippen LogP contribution in [0.15, 0.2) is 0 Å². The van der Waals surface area contributed by atoms with Crippen molar-refractivity contribution in [2.75, 3.05) is 6.54 Å². The summed E-state index contributed by atoms with van der Waals surface area (Å²) in [5, 5.41) is 9.76. The first-order chi connectivity index (χ1) is 6.00. The summed E-state index contributed by atoms with van der Waals surface area (Å²) in [4.78, 5) is 13.3. The van der Waals surface area contributed by atoms with Gasteiger partial charge in [-0.1, -0.05) is 6.92 Å². The summed E-state index contributed by atoms with van der Waals surface area (Å²) in [6.07, 6.45) is 1.87. The van der Waals surface area contributed by atoms with Gasteiger partial charge >= 0.3 is 0 Å². The normalized spacial score (nSPS) is 27.4. The van der Waals surface area contributed by atoms with Gasteiger partial charge in [0.1, 0.15) is 0 Å². The second kappa shape index (κ2) is 3.66. The van der Waals surface area contributed by atoms with E-state index < -0.39 is 0 Å². The highest BCUT2D eigenvalue weighted by molar-refractivity contribution is 5.76. The maximum absolute atomic E-state index is 11.5. The summed E-state index contributed by atoms with van der Waals surface area (Å²) in [5.41, 5.74) is -0.384. The maximum atomic E-state index is 11.5. The summed E-state index contributed by atoms with van der Waals surface area (Å²) in [7, 11) is 0. The summed E-state index contributed by atoms with van der Waals surface area (Å²) in [6, 6.07) is 0. The van der Waals surface area contributed by atoms with Crippen LogP contribution in [0.3, 0.4) is 0 Å². The number of aliphatic hydroxyl groups is 1. The van der Waals surface area contributed by atoms with E-state index in [9.17, 15) is 9.90 Å². The fourth-order valence-electron chi connectivity index (χ4n) is 1.90. The zero-order valence-electron chi connectivity index (χ0n) is 8.71. The number of hydrogen-bond acceptors (Lipinski definition) is 2. The standard InChI is InChI=1S/C10H19NO2/c1-4-9(13)11-7-5-6-8(12)10(11,2)3/h8,12H,4-7H2,1-3H3. The van der Waals surface area contributed by atoms with E-state index in [1.807, 2.05) is 20.8 Å². The Hall–Kier alpha value is -0.570. The first-order valence-corrected chi connectivity index (χ1v) is 4.98. The molecule has 0 aromatic carbocycles. The van der Waals surface area contributed by atoms with Gasteiger partial charge in [-0.2, -0.15) is 0 Å². The Morgan fingerprint density at radius 1 is 1.62 bits per heavy atom. The van der Waals surface area contributed by atoms with Crippen molar-refractivity contribution in [3.8, 4) is 0 Å². The Labute approximate surface area is 79.7 Å². The molecule has 1 aliphatic rings. The Kier molecular flexibility index (Phi) is 2.96. The Morgan fingerprint density at radius 2 is 2.23 bits per heavy atom. The lowest BCUT2D eigenvalue weighted by Gasteiger charge is -2.45. The number of likely N-dealkylation sites (tertiary alicyclic amines) is 1. The smallest absolute Gasteiger partial charge is 0.222 e. The first kappa shape index (κ1) is 10.5. The Morgan fingerprint density at radius 3 is 2.77 bits per heavy atom. The number of hydrogen-bond donors (Lipinski definition) is 1. The molecule has 0 bridgehead atoms. The molecule has 3 heteroatoms. The van der Waals surface area contributed by atoms with Crippen LogP contribution in [0.1, 0.15) is 40.0 Å². The van der Waals surface area contributed by atoms with E-state index in [2.05, 4.69) is 0 Å². The molecule has 3 nitrogen and oxygen atoms in total. The summed E-state index contributed by atoms with van der Waals surface area (Å²) in [6.45, 7) is 6.52. The fourth-order valence-corrected chi connectivity index (χ4v) is 1.90. The molecule has 1 saturated heterocycles. The molecule has 1 heterocycles. The number of carbonyl (C=O) groups excluding carboxylic acids is 1. The third-order valence-electron chi connectivity index (χ3n) is 2.97. The lowest BCUT2D eigenvalue weighted by atomic mass is 9.87. The van der Waals surface area contributed by atoms with E-state index >= 15 is 0 Å². The van der Waals surface area contributed by atoms with Gasteiger partial charge in [0.05, 0.1) is 11.6 Å². The van der Waals surface area contributed by atoms with Crippen LogP contribution < -0.4 is 0 Å². The Bertz CT molecular complexity index is 201. The van der Waals surface area contributed by atoms with Crippen molar-refractivity contribution in [2.24, 2.45) is 0 Å². The molecular weight excluding hydrogens is 166 g/mol. The maximum Gasteiger partial charge on any atom is 0.222 e. The number of piperidine rings is 1. The lowest BCUT2D eigenvalue weighted by Crippen LogP contribution is -2.58. The SMILES string of the molecule is CCC(=O)N1CCCC(O)C1(C)C. The molecule has 0 aliphatic carbocycles. The molecule has 0 radical (unpaired) electrons.